The van der Waals surface area contributed by atoms with Crippen LogP contribution in [-0.4, -0.2) is 24.4 Å². The van der Waals surface area contributed by atoms with Crippen molar-refractivity contribution in [3.05, 3.63) is 0 Å². The lowest BCUT2D eigenvalue weighted by atomic mass is 10.1. The molecule has 0 aromatic carbocycles. The van der Waals surface area contributed by atoms with Gasteiger partial charge in [-0.3, -0.25) is 4.79 Å². The van der Waals surface area contributed by atoms with Crippen molar-refractivity contribution in [2.24, 2.45) is 5.92 Å². The first-order chi connectivity index (χ1) is 7.00. The van der Waals surface area contributed by atoms with Crippen LogP contribution in [0.4, 0.5) is 26.3 Å². The van der Waals surface area contributed by atoms with E-state index < -0.39 is 30.3 Å². The van der Waals surface area contributed by atoms with Gasteiger partial charge in [0.1, 0.15) is 0 Å². The number of halogens is 6. The van der Waals surface area contributed by atoms with Crippen molar-refractivity contribution in [2.45, 2.75) is 38.7 Å². The van der Waals surface area contributed by atoms with E-state index in [0.717, 1.165) is 0 Å². The standard InChI is InChI=1S/C8H10F6O2/c1-3-4(2)16-6(15)5(7(9,10)11)8(12,13)14/h4-5H,3H2,1-2H3. The molecule has 1 atom stereocenters. The van der Waals surface area contributed by atoms with Crippen LogP contribution in [-0.2, 0) is 9.53 Å². The van der Waals surface area contributed by atoms with E-state index in [0.29, 0.717) is 0 Å². The summed E-state index contributed by atoms with van der Waals surface area (Å²) in [5, 5.41) is 0. The Morgan fingerprint density at radius 1 is 1.12 bits per heavy atom. The van der Waals surface area contributed by atoms with Gasteiger partial charge >= 0.3 is 18.3 Å². The molecule has 2 nitrogen and oxygen atoms in total. The summed E-state index contributed by atoms with van der Waals surface area (Å²) in [6.07, 6.45) is -12.2. The quantitative estimate of drug-likeness (QED) is 0.570. The highest BCUT2D eigenvalue weighted by atomic mass is 19.4. The van der Waals surface area contributed by atoms with Crippen molar-refractivity contribution < 1.29 is 35.9 Å². The van der Waals surface area contributed by atoms with Crippen LogP contribution in [0.1, 0.15) is 20.3 Å². The Balaban J connectivity index is 4.87. The molecule has 0 aliphatic carbocycles. The minimum Gasteiger partial charge on any atom is -0.462 e. The predicted molar refractivity (Wildman–Crippen MR) is 41.4 cm³/mol. The topological polar surface area (TPSA) is 26.3 Å². The fourth-order valence-electron chi connectivity index (χ4n) is 0.802. The zero-order valence-electron chi connectivity index (χ0n) is 8.45. The Morgan fingerprint density at radius 3 is 1.75 bits per heavy atom. The second kappa shape index (κ2) is 4.92. The van der Waals surface area contributed by atoms with Crippen LogP contribution in [0, 0.1) is 5.92 Å². The van der Waals surface area contributed by atoms with Crippen LogP contribution < -0.4 is 0 Å². The van der Waals surface area contributed by atoms with Crippen LogP contribution >= 0.6 is 0 Å². The molecule has 0 aromatic rings. The van der Waals surface area contributed by atoms with Gasteiger partial charge in [0.15, 0.2) is 0 Å². The lowest BCUT2D eigenvalue weighted by molar-refractivity contribution is -0.283. The van der Waals surface area contributed by atoms with Crippen molar-refractivity contribution >= 4 is 5.97 Å². The van der Waals surface area contributed by atoms with Crippen molar-refractivity contribution in [3.8, 4) is 0 Å². The third kappa shape index (κ3) is 4.28. The predicted octanol–water partition coefficient (Wildman–Crippen LogP) is 3.07. The summed E-state index contributed by atoms with van der Waals surface area (Å²) in [6.45, 7) is 2.68. The molecule has 1 unspecified atom stereocenters. The molecule has 0 aliphatic heterocycles. The first kappa shape index (κ1) is 15.0. The molecular formula is C8H10F6O2. The number of esters is 1. The minimum atomic E-state index is -5.69. The smallest absolute Gasteiger partial charge is 0.411 e. The maximum atomic E-state index is 12.0. The molecule has 96 valence electrons. The maximum Gasteiger partial charge on any atom is 0.411 e. The third-order valence-corrected chi connectivity index (χ3v) is 1.78. The maximum absolute atomic E-state index is 12.0. The van der Waals surface area contributed by atoms with Gasteiger partial charge in [0.05, 0.1) is 6.10 Å². The second-order valence-electron chi connectivity index (χ2n) is 3.17. The fraction of sp³-hybridized carbons (Fsp3) is 0.875. The van der Waals surface area contributed by atoms with Gasteiger partial charge in [0.2, 0.25) is 5.92 Å². The molecule has 0 amide bonds. The van der Waals surface area contributed by atoms with E-state index >= 15 is 0 Å². The number of hydrogen-bond acceptors (Lipinski definition) is 2. The average Bonchev–Trinajstić information content (AvgIpc) is 1.97. The Morgan fingerprint density at radius 2 is 1.50 bits per heavy atom. The van der Waals surface area contributed by atoms with Crippen molar-refractivity contribution in [1.82, 2.24) is 0 Å². The van der Waals surface area contributed by atoms with Gasteiger partial charge in [-0.2, -0.15) is 26.3 Å². The van der Waals surface area contributed by atoms with Gasteiger partial charge in [0, 0.05) is 0 Å². The average molecular weight is 252 g/mol. The molecular weight excluding hydrogens is 242 g/mol. The zero-order valence-corrected chi connectivity index (χ0v) is 8.45. The largest absolute Gasteiger partial charge is 0.462 e. The van der Waals surface area contributed by atoms with Gasteiger partial charge in [-0.1, -0.05) is 6.92 Å². The van der Waals surface area contributed by atoms with E-state index in [1.807, 2.05) is 0 Å². The Bertz CT molecular complexity index is 230. The summed E-state index contributed by atoms with van der Waals surface area (Å²) < 4.78 is 76.0. The molecule has 8 heteroatoms. The molecule has 0 saturated heterocycles. The summed E-state index contributed by atoms with van der Waals surface area (Å²) in [5.74, 6) is -6.39. The number of alkyl halides is 6. The van der Waals surface area contributed by atoms with E-state index in [2.05, 4.69) is 4.74 Å². The minimum absolute atomic E-state index is 0.133. The summed E-state index contributed by atoms with van der Waals surface area (Å²) in [5.41, 5.74) is 0. The Hall–Kier alpha value is -0.950. The van der Waals surface area contributed by atoms with E-state index in [1.165, 1.54) is 13.8 Å². The zero-order chi connectivity index (χ0) is 13.1. The molecule has 0 N–H and O–H groups in total. The summed E-state index contributed by atoms with van der Waals surface area (Å²) in [4.78, 5) is 10.7. The highest BCUT2D eigenvalue weighted by Crippen LogP contribution is 2.40. The first-order valence-electron chi connectivity index (χ1n) is 4.34. The van der Waals surface area contributed by atoms with Gasteiger partial charge in [-0.25, -0.2) is 0 Å². The monoisotopic (exact) mass is 252 g/mol. The highest BCUT2D eigenvalue weighted by Gasteiger charge is 2.62. The molecule has 0 spiro atoms. The molecule has 0 rings (SSSR count). The van der Waals surface area contributed by atoms with Crippen molar-refractivity contribution in [3.63, 3.8) is 0 Å². The number of rotatable bonds is 3. The molecule has 0 saturated carbocycles. The number of hydrogen-bond donors (Lipinski definition) is 0. The fourth-order valence-corrected chi connectivity index (χ4v) is 0.802. The van der Waals surface area contributed by atoms with Crippen LogP contribution in [0.3, 0.4) is 0 Å². The Labute approximate surface area is 87.6 Å². The van der Waals surface area contributed by atoms with Gasteiger partial charge in [-0.05, 0) is 13.3 Å². The summed E-state index contributed by atoms with van der Waals surface area (Å²) in [7, 11) is 0. The molecule has 0 fully saturated rings. The highest BCUT2D eigenvalue weighted by molar-refractivity contribution is 5.74. The van der Waals surface area contributed by atoms with Gasteiger partial charge in [0.25, 0.3) is 0 Å². The number of ether oxygens (including phenoxy) is 1. The van der Waals surface area contributed by atoms with E-state index in [4.69, 9.17) is 0 Å². The molecule has 0 bridgehead atoms. The van der Waals surface area contributed by atoms with Crippen LogP contribution in [0.25, 0.3) is 0 Å². The molecule has 0 aliphatic rings. The third-order valence-electron chi connectivity index (χ3n) is 1.78. The lowest BCUT2D eigenvalue weighted by Gasteiger charge is -2.22. The normalized spacial score (nSPS) is 15.1. The molecule has 0 radical (unpaired) electrons. The molecule has 0 heterocycles. The van der Waals surface area contributed by atoms with Crippen LogP contribution in [0.15, 0.2) is 0 Å². The van der Waals surface area contributed by atoms with Gasteiger partial charge in [-0.15, -0.1) is 0 Å². The second-order valence-corrected chi connectivity index (χ2v) is 3.17. The van der Waals surface area contributed by atoms with Crippen molar-refractivity contribution in [1.29, 1.82) is 0 Å². The first-order valence-corrected chi connectivity index (χ1v) is 4.34. The number of carbonyl (C=O) groups is 1. The Kier molecular flexibility index (Phi) is 4.63. The SMILES string of the molecule is CCC(C)OC(=O)C(C(F)(F)F)C(F)(F)F. The summed E-state index contributed by atoms with van der Waals surface area (Å²) >= 11 is 0. The van der Waals surface area contributed by atoms with Crippen molar-refractivity contribution in [2.75, 3.05) is 0 Å². The van der Waals surface area contributed by atoms with E-state index in [9.17, 15) is 31.1 Å². The van der Waals surface area contributed by atoms with E-state index in [1.54, 1.807) is 0 Å². The molecule has 0 aromatic heterocycles. The number of carbonyl (C=O) groups excluding carboxylic acids is 1. The lowest BCUT2D eigenvalue weighted by Crippen LogP contribution is -2.44. The summed E-state index contributed by atoms with van der Waals surface area (Å²) in [6, 6.07) is 0. The van der Waals surface area contributed by atoms with Crippen LogP contribution in [0.2, 0.25) is 0 Å². The van der Waals surface area contributed by atoms with E-state index in [-0.39, 0.29) is 6.42 Å². The van der Waals surface area contributed by atoms with Crippen LogP contribution in [0.5, 0.6) is 0 Å². The van der Waals surface area contributed by atoms with Gasteiger partial charge < -0.3 is 4.74 Å². The molecule has 16 heavy (non-hydrogen) atoms.